The third-order valence-electron chi connectivity index (χ3n) is 5.35. The summed E-state index contributed by atoms with van der Waals surface area (Å²) in [4.78, 5) is 15.9. The number of nitrogens with zero attached hydrogens (tertiary/aromatic N) is 3. The van der Waals surface area contributed by atoms with E-state index in [1.165, 1.54) is 11.3 Å². The topological polar surface area (TPSA) is 56.6 Å². The van der Waals surface area contributed by atoms with Gasteiger partial charge in [0.25, 0.3) is 5.91 Å². The van der Waals surface area contributed by atoms with Crippen LogP contribution in [0.5, 0.6) is 17.4 Å². The van der Waals surface area contributed by atoms with Crippen LogP contribution in [0.2, 0.25) is 0 Å². The minimum atomic E-state index is -0.00253. The molecule has 2 aromatic heterocycles. The third kappa shape index (κ3) is 4.93. The molecule has 2 aromatic carbocycles. The van der Waals surface area contributed by atoms with Crippen LogP contribution in [0.1, 0.15) is 29.1 Å². The van der Waals surface area contributed by atoms with Crippen molar-refractivity contribution in [1.29, 1.82) is 0 Å². The van der Waals surface area contributed by atoms with E-state index < -0.39 is 0 Å². The molecule has 0 saturated carbocycles. The van der Waals surface area contributed by atoms with Gasteiger partial charge in [0.2, 0.25) is 5.88 Å². The number of carbonyl (C=O) groups is 1. The van der Waals surface area contributed by atoms with E-state index in [1.54, 1.807) is 11.8 Å². The standard InChI is InChI=1S/C26H27N3O3S/c1-18(2)29(25(30)23-11-8-16-33-23)17-22-24(19-9-6-5-7-10-19)27-28(3)26(22)32-21-14-12-20(31-4)13-15-21/h5-16,18H,17H2,1-4H3. The second-order valence-electron chi connectivity index (χ2n) is 7.90. The zero-order chi connectivity index (χ0) is 23.4. The lowest BCUT2D eigenvalue weighted by Crippen LogP contribution is -2.36. The van der Waals surface area contributed by atoms with E-state index in [9.17, 15) is 4.79 Å². The molecule has 7 heteroatoms. The normalized spacial score (nSPS) is 10.9. The Hall–Kier alpha value is -3.58. The van der Waals surface area contributed by atoms with Crippen molar-refractivity contribution in [2.75, 3.05) is 7.11 Å². The molecule has 0 atom stereocenters. The smallest absolute Gasteiger partial charge is 0.264 e. The molecule has 4 rings (SSSR count). The monoisotopic (exact) mass is 461 g/mol. The van der Waals surface area contributed by atoms with Crippen molar-refractivity contribution in [1.82, 2.24) is 14.7 Å². The van der Waals surface area contributed by atoms with Crippen LogP contribution in [0.15, 0.2) is 72.1 Å². The lowest BCUT2D eigenvalue weighted by Gasteiger charge is -2.27. The second-order valence-corrected chi connectivity index (χ2v) is 8.85. The number of benzene rings is 2. The summed E-state index contributed by atoms with van der Waals surface area (Å²) in [5, 5.41) is 6.70. The molecule has 0 fully saturated rings. The SMILES string of the molecule is COc1ccc(Oc2c(CN(C(=O)c3cccs3)C(C)C)c(-c3ccccc3)nn2C)cc1. The first kappa shape index (κ1) is 22.6. The van der Waals surface area contributed by atoms with Gasteiger partial charge in [-0.1, -0.05) is 36.4 Å². The highest BCUT2D eigenvalue weighted by Gasteiger charge is 2.27. The predicted octanol–water partition coefficient (Wildman–Crippen LogP) is 6.00. The minimum Gasteiger partial charge on any atom is -0.497 e. The van der Waals surface area contributed by atoms with E-state index in [0.29, 0.717) is 23.1 Å². The Morgan fingerprint density at radius 1 is 1.03 bits per heavy atom. The summed E-state index contributed by atoms with van der Waals surface area (Å²) >= 11 is 1.45. The zero-order valence-electron chi connectivity index (χ0n) is 19.2. The van der Waals surface area contributed by atoms with Crippen molar-refractivity contribution in [3.8, 4) is 28.6 Å². The fraction of sp³-hybridized carbons (Fsp3) is 0.231. The summed E-state index contributed by atoms with van der Waals surface area (Å²) in [5.41, 5.74) is 2.63. The van der Waals surface area contributed by atoms with E-state index in [0.717, 1.165) is 22.6 Å². The number of hydrogen-bond donors (Lipinski definition) is 0. The fourth-order valence-corrected chi connectivity index (χ4v) is 4.29. The molecule has 4 aromatic rings. The predicted molar refractivity (Wildman–Crippen MR) is 131 cm³/mol. The van der Waals surface area contributed by atoms with Gasteiger partial charge in [0.1, 0.15) is 17.2 Å². The maximum absolute atomic E-state index is 13.3. The van der Waals surface area contributed by atoms with Crippen LogP contribution >= 0.6 is 11.3 Å². The van der Waals surface area contributed by atoms with E-state index in [2.05, 4.69) is 0 Å². The molecule has 0 bridgehead atoms. The quantitative estimate of drug-likeness (QED) is 0.323. The van der Waals surface area contributed by atoms with Crippen LogP contribution in [-0.2, 0) is 13.6 Å². The Morgan fingerprint density at radius 2 is 1.73 bits per heavy atom. The average Bonchev–Trinajstić information content (AvgIpc) is 3.47. The Bertz CT molecular complexity index is 1200. The highest BCUT2D eigenvalue weighted by molar-refractivity contribution is 7.12. The van der Waals surface area contributed by atoms with Gasteiger partial charge >= 0.3 is 0 Å². The third-order valence-corrected chi connectivity index (χ3v) is 6.21. The molecule has 0 aliphatic carbocycles. The molecule has 0 unspecified atom stereocenters. The van der Waals surface area contributed by atoms with Crippen molar-refractivity contribution < 1.29 is 14.3 Å². The van der Waals surface area contributed by atoms with Gasteiger partial charge in [-0.05, 0) is 49.6 Å². The second kappa shape index (κ2) is 9.92. The average molecular weight is 462 g/mol. The molecule has 2 heterocycles. The first-order chi connectivity index (χ1) is 16.0. The Balaban J connectivity index is 1.76. The zero-order valence-corrected chi connectivity index (χ0v) is 20.0. The molecule has 0 N–H and O–H groups in total. The van der Waals surface area contributed by atoms with Crippen LogP contribution in [0, 0.1) is 0 Å². The molecule has 33 heavy (non-hydrogen) atoms. The number of aryl methyl sites for hydroxylation is 1. The van der Waals surface area contributed by atoms with Crippen molar-refractivity contribution in [2.24, 2.45) is 7.05 Å². The number of carbonyl (C=O) groups excluding carboxylic acids is 1. The lowest BCUT2D eigenvalue weighted by atomic mass is 10.1. The van der Waals surface area contributed by atoms with Gasteiger partial charge in [-0.2, -0.15) is 5.10 Å². The van der Waals surface area contributed by atoms with Crippen LogP contribution in [0.4, 0.5) is 0 Å². The number of amides is 1. The van der Waals surface area contributed by atoms with Gasteiger partial charge in [-0.3, -0.25) is 4.79 Å². The molecule has 0 radical (unpaired) electrons. The summed E-state index contributed by atoms with van der Waals surface area (Å²) in [6.45, 7) is 4.42. The highest BCUT2D eigenvalue weighted by Crippen LogP contribution is 2.35. The van der Waals surface area contributed by atoms with E-state index >= 15 is 0 Å². The number of methoxy groups -OCH3 is 1. The molecule has 1 amide bonds. The minimum absolute atomic E-state index is 0.00161. The van der Waals surface area contributed by atoms with Crippen LogP contribution in [0.3, 0.4) is 0 Å². The lowest BCUT2D eigenvalue weighted by molar-refractivity contribution is 0.0694. The highest BCUT2D eigenvalue weighted by atomic mass is 32.1. The number of aromatic nitrogens is 2. The summed E-state index contributed by atoms with van der Waals surface area (Å²) in [6.07, 6.45) is 0. The summed E-state index contributed by atoms with van der Waals surface area (Å²) < 4.78 is 13.3. The first-order valence-electron chi connectivity index (χ1n) is 10.8. The van der Waals surface area contributed by atoms with E-state index in [-0.39, 0.29) is 11.9 Å². The first-order valence-corrected chi connectivity index (χ1v) is 11.6. The van der Waals surface area contributed by atoms with Crippen LogP contribution in [-0.4, -0.2) is 33.7 Å². The number of thiophene rings is 1. The number of ether oxygens (including phenoxy) is 2. The fourth-order valence-electron chi connectivity index (χ4n) is 3.61. The molecule has 0 spiro atoms. The molecular formula is C26H27N3O3S. The van der Waals surface area contributed by atoms with Gasteiger partial charge in [-0.25, -0.2) is 4.68 Å². The maximum Gasteiger partial charge on any atom is 0.264 e. The van der Waals surface area contributed by atoms with Gasteiger partial charge in [-0.15, -0.1) is 11.3 Å². The molecule has 0 saturated heterocycles. The summed E-state index contributed by atoms with van der Waals surface area (Å²) in [6, 6.07) is 21.1. The van der Waals surface area contributed by atoms with Gasteiger partial charge in [0.15, 0.2) is 0 Å². The number of rotatable bonds is 8. The van der Waals surface area contributed by atoms with E-state index in [1.807, 2.05) is 97.9 Å². The van der Waals surface area contributed by atoms with Gasteiger partial charge < -0.3 is 14.4 Å². The summed E-state index contributed by atoms with van der Waals surface area (Å²) in [5.74, 6) is 2.02. The number of hydrogen-bond acceptors (Lipinski definition) is 5. The Morgan fingerprint density at radius 3 is 2.33 bits per heavy atom. The van der Waals surface area contributed by atoms with Crippen molar-refractivity contribution in [3.05, 3.63) is 82.6 Å². The largest absolute Gasteiger partial charge is 0.497 e. The molecule has 0 aliphatic heterocycles. The van der Waals surface area contributed by atoms with Gasteiger partial charge in [0, 0.05) is 18.7 Å². The van der Waals surface area contributed by atoms with Crippen LogP contribution < -0.4 is 9.47 Å². The molecular weight excluding hydrogens is 434 g/mol. The van der Waals surface area contributed by atoms with Crippen molar-refractivity contribution in [3.63, 3.8) is 0 Å². The van der Waals surface area contributed by atoms with E-state index in [4.69, 9.17) is 14.6 Å². The Labute approximate surface area is 198 Å². The summed E-state index contributed by atoms with van der Waals surface area (Å²) in [7, 11) is 3.49. The van der Waals surface area contributed by atoms with Crippen LogP contribution in [0.25, 0.3) is 11.3 Å². The molecule has 6 nitrogen and oxygen atoms in total. The van der Waals surface area contributed by atoms with Crippen molar-refractivity contribution >= 4 is 17.2 Å². The maximum atomic E-state index is 13.3. The Kier molecular flexibility index (Phi) is 6.79. The van der Waals surface area contributed by atoms with Crippen molar-refractivity contribution in [2.45, 2.75) is 26.4 Å². The molecule has 170 valence electrons. The van der Waals surface area contributed by atoms with Gasteiger partial charge in [0.05, 0.1) is 24.1 Å². The molecule has 0 aliphatic rings.